The first kappa shape index (κ1) is 22.1. The third-order valence-corrected chi connectivity index (χ3v) is 5.39. The summed E-state index contributed by atoms with van der Waals surface area (Å²) in [5.74, 6) is -0.403. The van der Waals surface area contributed by atoms with Crippen molar-refractivity contribution in [2.24, 2.45) is 0 Å². The number of hydrogen-bond donors (Lipinski definition) is 0. The minimum Gasteiger partial charge on any atom is -0.466 e. The van der Waals surface area contributed by atoms with Crippen LogP contribution < -0.4 is 0 Å². The maximum atomic E-state index is 11.3. The quantitative estimate of drug-likeness (QED) is 0.321. The van der Waals surface area contributed by atoms with Gasteiger partial charge in [-0.3, -0.25) is 4.68 Å². The van der Waals surface area contributed by atoms with E-state index in [9.17, 15) is 4.79 Å². The fourth-order valence-corrected chi connectivity index (χ4v) is 3.60. The summed E-state index contributed by atoms with van der Waals surface area (Å²) in [5.41, 5.74) is 5.40. The van der Waals surface area contributed by atoms with Gasteiger partial charge >= 0.3 is 5.97 Å². The van der Waals surface area contributed by atoms with E-state index in [1.807, 2.05) is 41.9 Å². The van der Waals surface area contributed by atoms with Crippen molar-refractivity contribution < 1.29 is 9.53 Å². The van der Waals surface area contributed by atoms with Crippen LogP contribution in [0.4, 0.5) is 0 Å². The van der Waals surface area contributed by atoms with E-state index < -0.39 is 5.97 Å². The van der Waals surface area contributed by atoms with Gasteiger partial charge in [-0.25, -0.2) is 4.79 Å². The Hall–Kier alpha value is -2.56. The van der Waals surface area contributed by atoms with Crippen molar-refractivity contribution in [1.82, 2.24) is 9.78 Å². The Labute approximate surface area is 187 Å². The number of aryl methyl sites for hydroxylation is 3. The van der Waals surface area contributed by atoms with Crippen LogP contribution in [0.25, 0.3) is 6.08 Å². The fraction of sp³-hybridized carbons (Fsp3) is 0.250. The molecule has 0 bridgehead atoms. The van der Waals surface area contributed by atoms with Crippen LogP contribution in [0.2, 0.25) is 10.0 Å². The minimum absolute atomic E-state index is 0.403. The molecule has 0 N–H and O–H groups in total. The number of ether oxygens (including phenoxy) is 1. The van der Waals surface area contributed by atoms with Crippen molar-refractivity contribution >= 4 is 35.2 Å². The molecule has 1 aromatic heterocycles. The smallest absolute Gasteiger partial charge is 0.330 e. The molecular weight excluding hydrogens is 419 g/mol. The molecule has 0 aliphatic rings. The molecule has 0 unspecified atom stereocenters. The van der Waals surface area contributed by atoms with Crippen molar-refractivity contribution in [2.45, 2.75) is 32.7 Å². The fourth-order valence-electron chi connectivity index (χ4n) is 3.28. The van der Waals surface area contributed by atoms with Gasteiger partial charge in [0.1, 0.15) is 0 Å². The van der Waals surface area contributed by atoms with Crippen LogP contribution >= 0.6 is 23.2 Å². The van der Waals surface area contributed by atoms with Crippen molar-refractivity contribution in [3.63, 3.8) is 0 Å². The average molecular weight is 443 g/mol. The molecule has 2 aromatic carbocycles. The third-order valence-electron chi connectivity index (χ3n) is 4.90. The van der Waals surface area contributed by atoms with Crippen LogP contribution in [0, 0.1) is 6.92 Å². The number of methoxy groups -OCH3 is 1. The molecule has 4 nitrogen and oxygen atoms in total. The number of rotatable bonds is 8. The zero-order valence-electron chi connectivity index (χ0n) is 17.1. The molecule has 0 aliphatic carbocycles. The zero-order chi connectivity index (χ0) is 21.5. The van der Waals surface area contributed by atoms with Gasteiger partial charge in [0.05, 0.1) is 19.3 Å². The molecule has 0 aliphatic heterocycles. The van der Waals surface area contributed by atoms with Gasteiger partial charge in [-0.15, -0.1) is 0 Å². The van der Waals surface area contributed by atoms with E-state index in [4.69, 9.17) is 23.2 Å². The summed E-state index contributed by atoms with van der Waals surface area (Å²) >= 11 is 12.2. The number of esters is 1. The van der Waals surface area contributed by atoms with E-state index in [0.717, 1.165) is 35.5 Å². The second-order valence-corrected chi connectivity index (χ2v) is 7.99. The molecule has 0 fully saturated rings. The number of carbonyl (C=O) groups excluding carboxylic acids is 1. The van der Waals surface area contributed by atoms with Gasteiger partial charge in [-0.05, 0) is 79.3 Å². The predicted molar refractivity (Wildman–Crippen MR) is 122 cm³/mol. The summed E-state index contributed by atoms with van der Waals surface area (Å²) < 4.78 is 6.55. The number of carbonyl (C=O) groups is 1. The monoisotopic (exact) mass is 442 g/mol. The Morgan fingerprint density at radius 2 is 1.77 bits per heavy atom. The van der Waals surface area contributed by atoms with Gasteiger partial charge in [0, 0.05) is 21.8 Å². The lowest BCUT2D eigenvalue weighted by molar-refractivity contribution is -0.134. The average Bonchev–Trinajstić information content (AvgIpc) is 3.08. The van der Waals surface area contributed by atoms with Crippen LogP contribution in [0.3, 0.4) is 0 Å². The highest BCUT2D eigenvalue weighted by molar-refractivity contribution is 6.30. The largest absolute Gasteiger partial charge is 0.466 e. The Morgan fingerprint density at radius 3 is 2.50 bits per heavy atom. The molecular formula is C24H24Cl2N2O2. The Bertz CT molecular complexity index is 1040. The Morgan fingerprint density at radius 1 is 1.03 bits per heavy atom. The predicted octanol–water partition coefficient (Wildman–Crippen LogP) is 5.91. The van der Waals surface area contributed by atoms with Crippen molar-refractivity contribution in [3.8, 4) is 0 Å². The number of aromatic nitrogens is 2. The molecule has 0 atom stereocenters. The number of benzene rings is 2. The molecule has 30 heavy (non-hydrogen) atoms. The van der Waals surface area contributed by atoms with Gasteiger partial charge in [-0.2, -0.15) is 5.10 Å². The lowest BCUT2D eigenvalue weighted by Crippen LogP contribution is -2.07. The first-order valence-electron chi connectivity index (χ1n) is 9.77. The number of hydrogen-bond acceptors (Lipinski definition) is 3. The number of halogens is 2. The highest BCUT2D eigenvalue weighted by Gasteiger charge is 2.09. The molecule has 0 saturated heterocycles. The van der Waals surface area contributed by atoms with E-state index in [0.29, 0.717) is 17.3 Å². The van der Waals surface area contributed by atoms with Crippen molar-refractivity contribution in [3.05, 3.63) is 92.7 Å². The van der Waals surface area contributed by atoms with Gasteiger partial charge in [0.2, 0.25) is 0 Å². The van der Waals surface area contributed by atoms with E-state index in [-0.39, 0.29) is 0 Å². The van der Waals surface area contributed by atoms with Gasteiger partial charge in [0.25, 0.3) is 0 Å². The molecule has 0 radical (unpaired) electrons. The normalized spacial score (nSPS) is 11.2. The first-order chi connectivity index (χ1) is 14.4. The van der Waals surface area contributed by atoms with E-state index >= 15 is 0 Å². The summed E-state index contributed by atoms with van der Waals surface area (Å²) in [7, 11) is 1.35. The van der Waals surface area contributed by atoms with Crippen LogP contribution in [-0.2, 0) is 28.9 Å². The number of nitrogens with zero attached hydrogens (tertiary/aromatic N) is 2. The van der Waals surface area contributed by atoms with Crippen molar-refractivity contribution in [2.75, 3.05) is 7.11 Å². The Kier molecular flexibility index (Phi) is 7.72. The maximum Gasteiger partial charge on any atom is 0.330 e. The third kappa shape index (κ3) is 6.22. The standard InChI is InChI=1S/C24H24Cl2N2O2/c1-17-14-23(12-13-24(29)30-2)27-28(17)16-20-15-22(26)11-8-19(20)5-3-4-18-6-9-21(25)10-7-18/h6-15H,3-5,16H2,1-2H3/b13-12+. The lowest BCUT2D eigenvalue weighted by atomic mass is 9.99. The SMILES string of the molecule is COC(=O)/C=C/c1cc(C)n(Cc2cc(Cl)ccc2CCCc2ccc(Cl)cc2)n1. The first-order valence-corrected chi connectivity index (χ1v) is 10.5. The molecule has 1 heterocycles. The molecule has 0 spiro atoms. The van der Waals surface area contributed by atoms with Gasteiger partial charge in [0.15, 0.2) is 0 Å². The summed E-state index contributed by atoms with van der Waals surface area (Å²) in [6.07, 6.45) is 5.99. The summed E-state index contributed by atoms with van der Waals surface area (Å²) in [6, 6.07) is 16.0. The van der Waals surface area contributed by atoms with E-state index in [1.165, 1.54) is 24.3 Å². The molecule has 156 valence electrons. The maximum absolute atomic E-state index is 11.3. The minimum atomic E-state index is -0.403. The molecule has 3 rings (SSSR count). The molecule has 6 heteroatoms. The van der Waals surface area contributed by atoms with Gasteiger partial charge < -0.3 is 4.74 Å². The summed E-state index contributed by atoms with van der Waals surface area (Å²) in [4.78, 5) is 11.3. The van der Waals surface area contributed by atoms with E-state index in [1.54, 1.807) is 6.08 Å². The van der Waals surface area contributed by atoms with Crippen LogP contribution in [0.5, 0.6) is 0 Å². The van der Waals surface area contributed by atoms with Crippen LogP contribution in [0.1, 0.15) is 34.5 Å². The molecule has 0 saturated carbocycles. The van der Waals surface area contributed by atoms with Crippen LogP contribution in [0.15, 0.2) is 54.6 Å². The summed E-state index contributed by atoms with van der Waals surface area (Å²) in [6.45, 7) is 2.61. The second-order valence-electron chi connectivity index (χ2n) is 7.12. The highest BCUT2D eigenvalue weighted by atomic mass is 35.5. The second kappa shape index (κ2) is 10.5. The van der Waals surface area contributed by atoms with Crippen molar-refractivity contribution in [1.29, 1.82) is 0 Å². The highest BCUT2D eigenvalue weighted by Crippen LogP contribution is 2.21. The molecule has 3 aromatic rings. The molecule has 0 amide bonds. The Balaban J connectivity index is 1.70. The van der Waals surface area contributed by atoms with E-state index in [2.05, 4.69) is 28.0 Å². The van der Waals surface area contributed by atoms with Gasteiger partial charge in [-0.1, -0.05) is 41.4 Å². The zero-order valence-corrected chi connectivity index (χ0v) is 18.6. The van der Waals surface area contributed by atoms with Crippen LogP contribution in [-0.4, -0.2) is 22.9 Å². The lowest BCUT2D eigenvalue weighted by Gasteiger charge is -2.12. The topological polar surface area (TPSA) is 44.1 Å². The summed E-state index contributed by atoms with van der Waals surface area (Å²) in [5, 5.41) is 6.05.